The second-order valence-corrected chi connectivity index (χ2v) is 7.26. The molecule has 0 unspecified atom stereocenters. The van der Waals surface area contributed by atoms with Crippen molar-refractivity contribution in [2.24, 2.45) is 0 Å². The molecular formula is C16H11Br2ClN2O3. The third-order valence-corrected chi connectivity index (χ3v) is 4.76. The number of fused-ring (bicyclic) bond motifs is 1. The second kappa shape index (κ2) is 7.13. The summed E-state index contributed by atoms with van der Waals surface area (Å²) in [6, 6.07) is 10.4. The van der Waals surface area contributed by atoms with E-state index in [-0.39, 0.29) is 25.0 Å². The van der Waals surface area contributed by atoms with Gasteiger partial charge in [-0.25, -0.2) is 0 Å². The van der Waals surface area contributed by atoms with E-state index in [0.29, 0.717) is 22.1 Å². The molecule has 0 spiro atoms. The SMILES string of the molecule is O=C(CN1C(=O)COc2ccc(Cl)cc21)Nc1ccc(Br)cc1Br. The van der Waals surface area contributed by atoms with Gasteiger partial charge in [0.15, 0.2) is 6.61 Å². The van der Waals surface area contributed by atoms with Crippen molar-refractivity contribution in [2.45, 2.75) is 0 Å². The molecule has 0 aliphatic carbocycles. The zero-order valence-corrected chi connectivity index (χ0v) is 16.1. The highest BCUT2D eigenvalue weighted by atomic mass is 79.9. The van der Waals surface area contributed by atoms with E-state index in [2.05, 4.69) is 37.2 Å². The number of carbonyl (C=O) groups is 2. The van der Waals surface area contributed by atoms with E-state index in [4.69, 9.17) is 16.3 Å². The summed E-state index contributed by atoms with van der Waals surface area (Å²) in [6.07, 6.45) is 0. The van der Waals surface area contributed by atoms with Crippen LogP contribution in [0.1, 0.15) is 0 Å². The molecule has 124 valence electrons. The van der Waals surface area contributed by atoms with Gasteiger partial charge in [-0.1, -0.05) is 27.5 Å². The first-order valence-electron chi connectivity index (χ1n) is 6.91. The summed E-state index contributed by atoms with van der Waals surface area (Å²) in [7, 11) is 0. The van der Waals surface area contributed by atoms with Gasteiger partial charge in [0.05, 0.1) is 11.4 Å². The standard InChI is InChI=1S/C16H11Br2ClN2O3/c17-9-1-3-12(11(18)5-9)20-15(22)7-21-13-6-10(19)2-4-14(13)24-8-16(21)23/h1-6H,7-8H2,(H,20,22). The molecule has 0 saturated carbocycles. The summed E-state index contributed by atoms with van der Waals surface area (Å²) in [5, 5.41) is 3.24. The van der Waals surface area contributed by atoms with Crippen LogP contribution in [0.2, 0.25) is 5.02 Å². The van der Waals surface area contributed by atoms with Gasteiger partial charge in [0, 0.05) is 14.0 Å². The smallest absolute Gasteiger partial charge is 0.265 e. The van der Waals surface area contributed by atoms with Gasteiger partial charge in [-0.05, 0) is 52.3 Å². The third-order valence-electron chi connectivity index (χ3n) is 3.37. The zero-order chi connectivity index (χ0) is 17.3. The minimum atomic E-state index is -0.320. The quantitative estimate of drug-likeness (QED) is 0.725. The van der Waals surface area contributed by atoms with E-state index in [1.807, 2.05) is 12.1 Å². The van der Waals surface area contributed by atoms with Gasteiger partial charge >= 0.3 is 0 Å². The van der Waals surface area contributed by atoms with Crippen LogP contribution in [-0.2, 0) is 9.59 Å². The summed E-state index contributed by atoms with van der Waals surface area (Å²) < 4.78 is 6.99. The number of ether oxygens (including phenoxy) is 1. The van der Waals surface area contributed by atoms with E-state index in [1.54, 1.807) is 24.3 Å². The number of carbonyl (C=O) groups excluding carboxylic acids is 2. The van der Waals surface area contributed by atoms with Crippen LogP contribution < -0.4 is 15.0 Å². The molecule has 8 heteroatoms. The number of nitrogens with one attached hydrogen (secondary N) is 1. The first-order valence-corrected chi connectivity index (χ1v) is 8.88. The Labute approximate surface area is 160 Å². The maximum atomic E-state index is 12.3. The number of hydrogen-bond acceptors (Lipinski definition) is 3. The molecule has 0 aromatic heterocycles. The van der Waals surface area contributed by atoms with Crippen LogP contribution in [0.4, 0.5) is 11.4 Å². The average Bonchev–Trinajstić information content (AvgIpc) is 2.53. The molecule has 5 nitrogen and oxygen atoms in total. The van der Waals surface area contributed by atoms with Crippen molar-refractivity contribution in [3.8, 4) is 5.75 Å². The van der Waals surface area contributed by atoms with Crippen LogP contribution >= 0.6 is 43.5 Å². The molecule has 2 amide bonds. The normalized spacial score (nSPS) is 13.3. The molecule has 1 heterocycles. The number of nitrogens with zero attached hydrogens (tertiary/aromatic N) is 1. The highest BCUT2D eigenvalue weighted by Gasteiger charge is 2.27. The fourth-order valence-corrected chi connectivity index (χ4v) is 3.59. The van der Waals surface area contributed by atoms with Crippen molar-refractivity contribution in [3.63, 3.8) is 0 Å². The Bertz CT molecular complexity index is 829. The van der Waals surface area contributed by atoms with Gasteiger partial charge < -0.3 is 10.1 Å². The number of halogens is 3. The summed E-state index contributed by atoms with van der Waals surface area (Å²) >= 11 is 12.7. The molecule has 0 fully saturated rings. The molecule has 0 radical (unpaired) electrons. The molecule has 0 atom stereocenters. The van der Waals surface area contributed by atoms with E-state index in [0.717, 1.165) is 8.95 Å². The Morgan fingerprint density at radius 2 is 2.04 bits per heavy atom. The lowest BCUT2D eigenvalue weighted by atomic mass is 10.2. The molecule has 3 rings (SSSR count). The van der Waals surface area contributed by atoms with Gasteiger partial charge in [-0.3, -0.25) is 14.5 Å². The first-order chi connectivity index (χ1) is 11.4. The lowest BCUT2D eigenvalue weighted by Gasteiger charge is -2.29. The van der Waals surface area contributed by atoms with Crippen LogP contribution in [0.25, 0.3) is 0 Å². The van der Waals surface area contributed by atoms with Crippen LogP contribution in [0.5, 0.6) is 5.75 Å². The van der Waals surface area contributed by atoms with Crippen molar-refractivity contribution >= 4 is 66.6 Å². The number of rotatable bonds is 3. The predicted octanol–water partition coefficient (Wildman–Crippen LogP) is 4.23. The Hall–Kier alpha value is -1.57. The van der Waals surface area contributed by atoms with Gasteiger partial charge in [0.1, 0.15) is 12.3 Å². The van der Waals surface area contributed by atoms with Crippen molar-refractivity contribution in [1.82, 2.24) is 0 Å². The predicted molar refractivity (Wildman–Crippen MR) is 99.8 cm³/mol. The topological polar surface area (TPSA) is 58.6 Å². The second-order valence-electron chi connectivity index (χ2n) is 5.05. The Morgan fingerprint density at radius 3 is 2.79 bits per heavy atom. The van der Waals surface area contributed by atoms with Crippen LogP contribution in [0.15, 0.2) is 45.3 Å². The lowest BCUT2D eigenvalue weighted by molar-refractivity contribution is -0.123. The molecule has 2 aromatic rings. The number of hydrogen-bond donors (Lipinski definition) is 1. The van der Waals surface area contributed by atoms with Gasteiger partial charge in [-0.15, -0.1) is 0 Å². The summed E-state index contributed by atoms with van der Waals surface area (Å²) in [5.74, 6) is -0.0920. The van der Waals surface area contributed by atoms with Crippen molar-refractivity contribution in [1.29, 1.82) is 0 Å². The summed E-state index contributed by atoms with van der Waals surface area (Å²) in [4.78, 5) is 25.8. The maximum absolute atomic E-state index is 12.3. The molecule has 2 aromatic carbocycles. The van der Waals surface area contributed by atoms with Crippen molar-refractivity contribution in [2.75, 3.05) is 23.4 Å². The Morgan fingerprint density at radius 1 is 1.25 bits per heavy atom. The number of amides is 2. The minimum absolute atomic E-state index is 0.107. The third kappa shape index (κ3) is 3.74. The van der Waals surface area contributed by atoms with Crippen LogP contribution in [-0.4, -0.2) is 25.0 Å². The zero-order valence-electron chi connectivity index (χ0n) is 12.2. The molecule has 0 saturated heterocycles. The van der Waals surface area contributed by atoms with Crippen LogP contribution in [0, 0.1) is 0 Å². The highest BCUT2D eigenvalue weighted by molar-refractivity contribution is 9.11. The molecule has 0 bridgehead atoms. The highest BCUT2D eigenvalue weighted by Crippen LogP contribution is 2.34. The van der Waals surface area contributed by atoms with Crippen molar-refractivity contribution < 1.29 is 14.3 Å². The fourth-order valence-electron chi connectivity index (χ4n) is 2.27. The molecular weight excluding hydrogens is 463 g/mol. The minimum Gasteiger partial charge on any atom is -0.482 e. The Kier molecular flexibility index (Phi) is 5.12. The maximum Gasteiger partial charge on any atom is 0.265 e. The largest absolute Gasteiger partial charge is 0.482 e. The van der Waals surface area contributed by atoms with E-state index < -0.39 is 0 Å². The Balaban J connectivity index is 1.79. The van der Waals surface area contributed by atoms with Gasteiger partial charge in [0.25, 0.3) is 5.91 Å². The molecule has 1 N–H and O–H groups in total. The van der Waals surface area contributed by atoms with E-state index >= 15 is 0 Å². The summed E-state index contributed by atoms with van der Waals surface area (Å²) in [5.41, 5.74) is 1.11. The van der Waals surface area contributed by atoms with E-state index in [1.165, 1.54) is 4.90 Å². The number of benzene rings is 2. The monoisotopic (exact) mass is 472 g/mol. The average molecular weight is 475 g/mol. The lowest BCUT2D eigenvalue weighted by Crippen LogP contribution is -2.43. The van der Waals surface area contributed by atoms with Crippen LogP contribution in [0.3, 0.4) is 0 Å². The molecule has 24 heavy (non-hydrogen) atoms. The van der Waals surface area contributed by atoms with E-state index in [9.17, 15) is 9.59 Å². The summed E-state index contributed by atoms with van der Waals surface area (Å²) in [6.45, 7) is -0.234. The first kappa shape index (κ1) is 17.3. The van der Waals surface area contributed by atoms with Crippen molar-refractivity contribution in [3.05, 3.63) is 50.4 Å². The fraction of sp³-hybridized carbons (Fsp3) is 0.125. The molecule has 1 aliphatic heterocycles. The number of anilines is 2. The van der Waals surface area contributed by atoms with Gasteiger partial charge in [0.2, 0.25) is 5.91 Å². The molecule has 1 aliphatic rings. The van der Waals surface area contributed by atoms with Gasteiger partial charge in [-0.2, -0.15) is 0 Å².